The number of allylic oxidation sites excluding steroid dienone is 3. The van der Waals surface area contributed by atoms with Gasteiger partial charge in [0.05, 0.1) is 19.1 Å². The Balaban J connectivity index is 0.000000262. The van der Waals surface area contributed by atoms with Gasteiger partial charge in [0, 0.05) is 0 Å². The van der Waals surface area contributed by atoms with Crippen LogP contribution < -0.4 is 0 Å². The van der Waals surface area contributed by atoms with Crippen molar-refractivity contribution in [2.24, 2.45) is 5.16 Å². The second kappa shape index (κ2) is 8.49. The molecule has 2 N–H and O–H groups in total. The van der Waals surface area contributed by atoms with Gasteiger partial charge in [-0.2, -0.15) is 0 Å². The topological polar surface area (TPSA) is 96.2 Å². The highest BCUT2D eigenvalue weighted by Crippen LogP contribution is 1.86. The molecule has 0 radical (unpaired) electrons. The lowest BCUT2D eigenvalue weighted by molar-refractivity contribution is -0.143. The molecular formula is C9H11NO5. The number of hydrogen-bond donors (Lipinski definition) is 2. The molecule has 6 nitrogen and oxygen atoms in total. The summed E-state index contributed by atoms with van der Waals surface area (Å²) in [4.78, 5) is 23.8. The van der Waals surface area contributed by atoms with E-state index in [2.05, 4.69) is 9.99 Å². The summed E-state index contributed by atoms with van der Waals surface area (Å²) in [6, 6.07) is 0. The van der Waals surface area contributed by atoms with E-state index in [1.54, 1.807) is 18.4 Å². The lowest BCUT2D eigenvalue weighted by Gasteiger charge is -1.85. The Labute approximate surface area is 86.2 Å². The standard InChI is InChI=1S/C5H5NO.C4H6O4/c1-2-4-6-7-5-3-1;5-3(6)1-2-4(7)8/h1-5H;1-2H2,(H,5,6)(H,7,8). The van der Waals surface area contributed by atoms with E-state index in [1.165, 1.54) is 6.26 Å². The molecule has 15 heavy (non-hydrogen) atoms. The second-order valence-corrected chi connectivity index (χ2v) is 2.36. The Morgan fingerprint density at radius 2 is 1.67 bits per heavy atom. The number of carboxylic acid groups (broad SMARTS) is 2. The average Bonchev–Trinajstić information content (AvgIpc) is 2.47. The van der Waals surface area contributed by atoms with Gasteiger partial charge in [0.25, 0.3) is 0 Å². The zero-order chi connectivity index (χ0) is 11.5. The first-order chi connectivity index (χ1) is 7.13. The molecule has 0 spiro atoms. The first-order valence-corrected chi connectivity index (χ1v) is 4.07. The van der Waals surface area contributed by atoms with Crippen molar-refractivity contribution in [1.82, 2.24) is 0 Å². The minimum Gasteiger partial charge on any atom is -0.481 e. The zero-order valence-corrected chi connectivity index (χ0v) is 7.87. The van der Waals surface area contributed by atoms with Crippen LogP contribution in [0.1, 0.15) is 12.8 Å². The van der Waals surface area contributed by atoms with Crippen molar-refractivity contribution in [1.29, 1.82) is 0 Å². The van der Waals surface area contributed by atoms with E-state index in [9.17, 15) is 9.59 Å². The molecule has 1 aliphatic heterocycles. The summed E-state index contributed by atoms with van der Waals surface area (Å²) in [6.45, 7) is 0. The van der Waals surface area contributed by atoms with Crippen LogP contribution in [-0.2, 0) is 14.4 Å². The molecule has 0 saturated carbocycles. The van der Waals surface area contributed by atoms with Crippen LogP contribution in [0.15, 0.2) is 29.6 Å². The Bertz CT molecular complexity index is 265. The van der Waals surface area contributed by atoms with Crippen molar-refractivity contribution in [3.63, 3.8) is 0 Å². The highest BCUT2D eigenvalue weighted by atomic mass is 16.6. The first-order valence-electron chi connectivity index (χ1n) is 4.07. The summed E-state index contributed by atoms with van der Waals surface area (Å²) in [6.07, 6.45) is 7.91. The van der Waals surface area contributed by atoms with Gasteiger partial charge in [0.2, 0.25) is 0 Å². The lowest BCUT2D eigenvalue weighted by Crippen LogP contribution is -2.00. The van der Waals surface area contributed by atoms with Gasteiger partial charge in [-0.05, 0) is 12.2 Å². The maximum absolute atomic E-state index is 9.64. The molecule has 0 saturated heterocycles. The Hall–Kier alpha value is -2.11. The van der Waals surface area contributed by atoms with Crippen LogP contribution in [-0.4, -0.2) is 28.4 Å². The molecule has 6 heteroatoms. The third-order valence-corrected chi connectivity index (χ3v) is 1.12. The minimum atomic E-state index is -1.08. The highest BCUT2D eigenvalue weighted by molar-refractivity contribution is 5.75. The number of rotatable bonds is 3. The van der Waals surface area contributed by atoms with Crippen LogP contribution in [0.4, 0.5) is 0 Å². The SMILES string of the molecule is C1=CC=NOC=C1.O=C(O)CCC(=O)O. The van der Waals surface area contributed by atoms with Gasteiger partial charge < -0.3 is 15.1 Å². The van der Waals surface area contributed by atoms with E-state index >= 15 is 0 Å². The number of aliphatic carboxylic acids is 2. The van der Waals surface area contributed by atoms with Crippen molar-refractivity contribution >= 4 is 18.2 Å². The molecule has 0 bridgehead atoms. The molecule has 82 valence electrons. The van der Waals surface area contributed by atoms with Gasteiger partial charge in [-0.25, -0.2) is 0 Å². The van der Waals surface area contributed by atoms with E-state index in [0.29, 0.717) is 0 Å². The molecule has 0 aromatic heterocycles. The van der Waals surface area contributed by atoms with E-state index in [0.717, 1.165) is 0 Å². The number of nitrogens with zero attached hydrogens (tertiary/aromatic N) is 1. The van der Waals surface area contributed by atoms with Gasteiger partial charge in [-0.3, -0.25) is 9.59 Å². The summed E-state index contributed by atoms with van der Waals surface area (Å²) >= 11 is 0. The van der Waals surface area contributed by atoms with Crippen molar-refractivity contribution in [3.05, 3.63) is 24.5 Å². The van der Waals surface area contributed by atoms with E-state index in [4.69, 9.17) is 10.2 Å². The molecular weight excluding hydrogens is 202 g/mol. The Morgan fingerprint density at radius 3 is 2.20 bits per heavy atom. The fourth-order valence-electron chi connectivity index (χ4n) is 0.514. The molecule has 1 heterocycles. The quantitative estimate of drug-likeness (QED) is 0.729. The van der Waals surface area contributed by atoms with Crippen LogP contribution in [0.25, 0.3) is 0 Å². The average molecular weight is 213 g/mol. The molecule has 0 fully saturated rings. The fourth-order valence-corrected chi connectivity index (χ4v) is 0.514. The predicted molar refractivity (Wildman–Crippen MR) is 52.4 cm³/mol. The summed E-state index contributed by atoms with van der Waals surface area (Å²) in [5.74, 6) is -2.15. The fraction of sp³-hybridized carbons (Fsp3) is 0.222. The molecule has 0 aromatic carbocycles. The Kier molecular flexibility index (Phi) is 7.29. The maximum atomic E-state index is 9.64. The molecule has 1 rings (SSSR count). The van der Waals surface area contributed by atoms with Crippen molar-refractivity contribution in [2.75, 3.05) is 0 Å². The van der Waals surface area contributed by atoms with Gasteiger partial charge in [0.15, 0.2) is 0 Å². The molecule has 1 aliphatic rings. The summed E-state index contributed by atoms with van der Waals surface area (Å²) in [5, 5.41) is 19.3. The molecule has 0 aliphatic carbocycles. The first kappa shape index (κ1) is 12.9. The molecule has 0 amide bonds. The number of carbonyl (C=O) groups is 2. The minimum absolute atomic E-state index is 0.296. The van der Waals surface area contributed by atoms with Crippen LogP contribution in [0.3, 0.4) is 0 Å². The van der Waals surface area contributed by atoms with Crippen LogP contribution in [0.2, 0.25) is 0 Å². The number of hydrogen-bond acceptors (Lipinski definition) is 4. The predicted octanol–water partition coefficient (Wildman–Crippen LogP) is 1.01. The van der Waals surface area contributed by atoms with Crippen molar-refractivity contribution in [2.45, 2.75) is 12.8 Å². The monoisotopic (exact) mass is 213 g/mol. The van der Waals surface area contributed by atoms with Crippen LogP contribution >= 0.6 is 0 Å². The number of carboxylic acids is 2. The maximum Gasteiger partial charge on any atom is 0.303 e. The molecule has 0 aromatic rings. The van der Waals surface area contributed by atoms with Crippen LogP contribution in [0, 0.1) is 0 Å². The smallest absolute Gasteiger partial charge is 0.303 e. The zero-order valence-electron chi connectivity index (χ0n) is 7.87. The van der Waals surface area contributed by atoms with Crippen molar-refractivity contribution in [3.8, 4) is 0 Å². The van der Waals surface area contributed by atoms with Gasteiger partial charge in [-0.1, -0.05) is 11.2 Å². The van der Waals surface area contributed by atoms with Gasteiger partial charge >= 0.3 is 11.9 Å². The van der Waals surface area contributed by atoms with Crippen LogP contribution in [0.5, 0.6) is 0 Å². The van der Waals surface area contributed by atoms with Gasteiger partial charge in [-0.15, -0.1) is 0 Å². The summed E-state index contributed by atoms with van der Waals surface area (Å²) in [5.41, 5.74) is 0. The highest BCUT2D eigenvalue weighted by Gasteiger charge is 2.00. The molecule has 0 unspecified atom stereocenters. The summed E-state index contributed by atoms with van der Waals surface area (Å²) in [7, 11) is 0. The number of oxime groups is 1. The van der Waals surface area contributed by atoms with E-state index in [1.807, 2.05) is 6.08 Å². The normalized spacial score (nSPS) is 12.0. The van der Waals surface area contributed by atoms with Crippen molar-refractivity contribution < 1.29 is 24.6 Å². The third-order valence-electron chi connectivity index (χ3n) is 1.12. The lowest BCUT2D eigenvalue weighted by atomic mass is 10.3. The molecule has 0 atom stereocenters. The summed E-state index contributed by atoms with van der Waals surface area (Å²) < 4.78 is 0. The van der Waals surface area contributed by atoms with E-state index in [-0.39, 0.29) is 12.8 Å². The second-order valence-electron chi connectivity index (χ2n) is 2.36. The Morgan fingerprint density at radius 1 is 1.07 bits per heavy atom. The largest absolute Gasteiger partial charge is 0.481 e. The van der Waals surface area contributed by atoms with E-state index < -0.39 is 11.9 Å². The van der Waals surface area contributed by atoms with Gasteiger partial charge in [0.1, 0.15) is 6.26 Å². The third kappa shape index (κ3) is 11.9.